The zero-order chi connectivity index (χ0) is 11.5. The van der Waals surface area contributed by atoms with Gasteiger partial charge in [0.2, 0.25) is 11.2 Å². The van der Waals surface area contributed by atoms with Gasteiger partial charge >= 0.3 is 6.20 Å². The molecule has 0 aliphatic carbocycles. The Morgan fingerprint density at radius 3 is 2.20 bits per heavy atom. The molecular formula is C12H15N2O+. The summed E-state index contributed by atoms with van der Waals surface area (Å²) in [7, 11) is 0. The molecule has 0 saturated heterocycles. The molecule has 3 heteroatoms. The topological polar surface area (TPSA) is 48.4 Å². The smallest absolute Gasteiger partial charge is 0.392 e. The van der Waals surface area contributed by atoms with Crippen LogP contribution in [-0.4, -0.2) is 5.11 Å². The number of rotatable bonds is 1. The number of hydrogen-bond donors (Lipinski definition) is 1. The third-order valence-corrected chi connectivity index (χ3v) is 2.23. The van der Waals surface area contributed by atoms with Gasteiger partial charge in [-0.05, 0) is 11.0 Å². The third kappa shape index (κ3) is 2.81. The molecule has 1 aromatic rings. The predicted molar refractivity (Wildman–Crippen MR) is 60.8 cm³/mol. The zero-order valence-electron chi connectivity index (χ0n) is 9.23. The Labute approximate surface area is 89.7 Å². The van der Waals surface area contributed by atoms with Crippen LogP contribution >= 0.6 is 0 Å². The van der Waals surface area contributed by atoms with Crippen molar-refractivity contribution in [3.63, 3.8) is 0 Å². The van der Waals surface area contributed by atoms with Crippen molar-refractivity contribution in [3.8, 4) is 0 Å². The van der Waals surface area contributed by atoms with E-state index in [1.54, 1.807) is 12.1 Å². The summed E-state index contributed by atoms with van der Waals surface area (Å²) in [6.07, 6.45) is 1.01. The highest BCUT2D eigenvalue weighted by Gasteiger charge is 2.13. The molecule has 0 fully saturated rings. The lowest BCUT2D eigenvalue weighted by molar-refractivity contribution is 0.511. The molecule has 1 aromatic carbocycles. The first-order chi connectivity index (χ1) is 6.95. The van der Waals surface area contributed by atoms with Crippen LogP contribution in [0, 0.1) is 5.39 Å². The predicted octanol–water partition coefficient (Wildman–Crippen LogP) is 3.69. The molecule has 1 rings (SSSR count). The number of aliphatic hydroxyl groups is 1. The first kappa shape index (κ1) is 11.3. The molecule has 3 nitrogen and oxygen atoms in total. The van der Waals surface area contributed by atoms with Crippen LogP contribution in [-0.2, 0) is 5.41 Å². The molecule has 0 heterocycles. The second-order valence-electron chi connectivity index (χ2n) is 4.46. The number of diazo groups is 1. The van der Waals surface area contributed by atoms with E-state index in [0.717, 1.165) is 6.20 Å². The van der Waals surface area contributed by atoms with Crippen molar-refractivity contribution in [3.05, 3.63) is 46.6 Å². The minimum Gasteiger partial charge on any atom is -0.501 e. The Hall–Kier alpha value is -1.82. The fourth-order valence-corrected chi connectivity index (χ4v) is 1.27. The zero-order valence-corrected chi connectivity index (χ0v) is 9.23. The van der Waals surface area contributed by atoms with Crippen LogP contribution < -0.4 is 0 Å². The number of nitrogens with zero attached hydrogens (tertiary/aromatic N) is 2. The largest absolute Gasteiger partial charge is 0.501 e. The number of hydrogen-bond acceptors (Lipinski definition) is 2. The maximum Gasteiger partial charge on any atom is 0.392 e. The van der Waals surface area contributed by atoms with Gasteiger partial charge in [-0.15, -0.1) is 0 Å². The Morgan fingerprint density at radius 1 is 1.27 bits per heavy atom. The van der Waals surface area contributed by atoms with Crippen LogP contribution in [0.5, 0.6) is 0 Å². The lowest BCUT2D eigenvalue weighted by Crippen LogP contribution is -2.10. The Kier molecular flexibility index (Phi) is 3.11. The van der Waals surface area contributed by atoms with Crippen LogP contribution in [0.2, 0.25) is 0 Å². The summed E-state index contributed by atoms with van der Waals surface area (Å²) in [4.78, 5) is 2.77. The molecule has 0 spiro atoms. The molecule has 78 valence electrons. The highest BCUT2D eigenvalue weighted by Crippen LogP contribution is 2.23. The second-order valence-corrected chi connectivity index (χ2v) is 4.46. The molecule has 1 N–H and O–H groups in total. The van der Waals surface area contributed by atoms with Gasteiger partial charge in [-0.3, -0.25) is 0 Å². The lowest BCUT2D eigenvalue weighted by atomic mass is 9.86. The SMILES string of the molecule is CC(C)(C)c1ccc(/C(O)=C\[N+]#N)cc1. The molecule has 0 atom stereocenters. The van der Waals surface area contributed by atoms with Gasteiger partial charge in [0, 0.05) is 5.56 Å². The van der Waals surface area contributed by atoms with Gasteiger partial charge in [-0.1, -0.05) is 45.0 Å². The Bertz CT molecular complexity index is 405. The summed E-state index contributed by atoms with van der Waals surface area (Å²) in [6, 6.07) is 7.52. The van der Waals surface area contributed by atoms with Gasteiger partial charge in [0.05, 0.1) is 0 Å². The average molecular weight is 203 g/mol. The van der Waals surface area contributed by atoms with Crippen LogP contribution in [0.1, 0.15) is 31.9 Å². The first-order valence-electron chi connectivity index (χ1n) is 4.79. The fourth-order valence-electron chi connectivity index (χ4n) is 1.27. The van der Waals surface area contributed by atoms with Gasteiger partial charge in [0.25, 0.3) is 0 Å². The normalized spacial score (nSPS) is 12.3. The molecule has 0 radical (unpaired) electrons. The average Bonchev–Trinajstić information content (AvgIpc) is 2.17. The lowest BCUT2D eigenvalue weighted by Gasteiger charge is -2.18. The van der Waals surface area contributed by atoms with E-state index in [1.807, 2.05) is 12.1 Å². The van der Waals surface area contributed by atoms with E-state index in [9.17, 15) is 5.11 Å². The molecule has 0 unspecified atom stereocenters. The van der Waals surface area contributed by atoms with E-state index in [0.29, 0.717) is 5.56 Å². The van der Waals surface area contributed by atoms with Crippen molar-refractivity contribution >= 4 is 5.76 Å². The molecule has 0 aliphatic heterocycles. The van der Waals surface area contributed by atoms with Gasteiger partial charge in [-0.25, -0.2) is 0 Å². The molecule has 0 aliphatic rings. The van der Waals surface area contributed by atoms with E-state index < -0.39 is 0 Å². The van der Waals surface area contributed by atoms with E-state index in [-0.39, 0.29) is 11.2 Å². The van der Waals surface area contributed by atoms with E-state index in [4.69, 9.17) is 5.39 Å². The minimum absolute atomic E-state index is 0.0436. The molecule has 0 aromatic heterocycles. The summed E-state index contributed by atoms with van der Waals surface area (Å²) in [5.41, 5.74) is 1.93. The van der Waals surface area contributed by atoms with E-state index >= 15 is 0 Å². The molecule has 0 saturated carbocycles. The van der Waals surface area contributed by atoms with Gasteiger partial charge in [0.15, 0.2) is 4.98 Å². The highest BCUT2D eigenvalue weighted by atomic mass is 16.3. The monoisotopic (exact) mass is 203 g/mol. The summed E-state index contributed by atoms with van der Waals surface area (Å²) in [5.74, 6) is -0.0436. The van der Waals surface area contributed by atoms with Crippen LogP contribution in [0.3, 0.4) is 0 Å². The summed E-state index contributed by atoms with van der Waals surface area (Å²) >= 11 is 0. The van der Waals surface area contributed by atoms with Crippen LogP contribution in [0.15, 0.2) is 30.5 Å². The third-order valence-electron chi connectivity index (χ3n) is 2.23. The van der Waals surface area contributed by atoms with Crippen molar-refractivity contribution in [2.75, 3.05) is 0 Å². The Balaban J connectivity index is 3.02. The molecular weight excluding hydrogens is 188 g/mol. The van der Waals surface area contributed by atoms with Crippen LogP contribution in [0.4, 0.5) is 0 Å². The summed E-state index contributed by atoms with van der Waals surface area (Å²) < 4.78 is 0. The molecule has 15 heavy (non-hydrogen) atoms. The fraction of sp³-hybridized carbons (Fsp3) is 0.333. The highest BCUT2D eigenvalue weighted by molar-refractivity contribution is 5.59. The van der Waals surface area contributed by atoms with Gasteiger partial charge < -0.3 is 5.11 Å². The quantitative estimate of drug-likeness (QED) is 0.559. The molecule has 0 amide bonds. The van der Waals surface area contributed by atoms with Crippen molar-refractivity contribution in [2.24, 2.45) is 0 Å². The first-order valence-corrected chi connectivity index (χ1v) is 4.79. The van der Waals surface area contributed by atoms with Crippen molar-refractivity contribution in [1.82, 2.24) is 0 Å². The number of aliphatic hydroxyl groups excluding tert-OH is 1. The summed E-state index contributed by atoms with van der Waals surface area (Å²) in [5, 5.41) is 17.7. The summed E-state index contributed by atoms with van der Waals surface area (Å²) in [6.45, 7) is 6.38. The van der Waals surface area contributed by atoms with Crippen molar-refractivity contribution in [2.45, 2.75) is 26.2 Å². The van der Waals surface area contributed by atoms with E-state index in [1.165, 1.54) is 5.56 Å². The maximum atomic E-state index is 9.42. The molecule has 0 bridgehead atoms. The Morgan fingerprint density at radius 2 is 1.80 bits per heavy atom. The second kappa shape index (κ2) is 4.14. The minimum atomic E-state index is -0.0436. The van der Waals surface area contributed by atoms with Crippen molar-refractivity contribution in [1.29, 1.82) is 5.39 Å². The van der Waals surface area contributed by atoms with Gasteiger partial charge in [0.1, 0.15) is 0 Å². The van der Waals surface area contributed by atoms with Crippen LogP contribution in [0.25, 0.3) is 10.7 Å². The maximum absolute atomic E-state index is 9.42. The van der Waals surface area contributed by atoms with Crippen molar-refractivity contribution < 1.29 is 5.11 Å². The standard InChI is InChI=1S/C12H14N2O/c1-12(2,3)10-6-4-9(5-7-10)11(15)8-14-13/h4-8H,1-3H3/p+1/b11-8+. The van der Waals surface area contributed by atoms with E-state index in [2.05, 4.69) is 25.7 Å². The number of benzene rings is 1. The van der Waals surface area contributed by atoms with Gasteiger partial charge in [-0.2, -0.15) is 0 Å².